The largest absolute Gasteiger partial charge is 0.486 e. The van der Waals surface area contributed by atoms with Gasteiger partial charge in [0.15, 0.2) is 5.75 Å². The summed E-state index contributed by atoms with van der Waals surface area (Å²) < 4.78 is 19.7. The van der Waals surface area contributed by atoms with E-state index < -0.39 is 0 Å². The van der Waals surface area contributed by atoms with E-state index in [9.17, 15) is 4.39 Å². The molecule has 0 spiro atoms. The number of aromatic nitrogens is 3. The summed E-state index contributed by atoms with van der Waals surface area (Å²) in [5, 5.41) is 0. The highest BCUT2D eigenvalue weighted by molar-refractivity contribution is 5.33. The van der Waals surface area contributed by atoms with Crippen molar-refractivity contribution < 1.29 is 9.13 Å². The maximum absolute atomic E-state index is 12.4. The lowest BCUT2D eigenvalue weighted by Crippen LogP contribution is -2.11. The first-order valence-corrected chi connectivity index (χ1v) is 6.71. The molecule has 0 bridgehead atoms. The molecule has 2 N–H and O–H groups in total. The summed E-state index contributed by atoms with van der Waals surface area (Å²) in [4.78, 5) is 8.65. The number of nitrogens with two attached hydrogens (primary N) is 1. The average molecular weight is 278 g/mol. The normalized spacial score (nSPS) is 12.1. The van der Waals surface area contributed by atoms with Crippen LogP contribution in [0.25, 0.3) is 5.78 Å². The second-order valence-electron chi connectivity index (χ2n) is 4.59. The topological polar surface area (TPSA) is 65.4 Å². The highest BCUT2D eigenvalue weighted by Gasteiger charge is 2.05. The number of imidazole rings is 1. The van der Waals surface area contributed by atoms with E-state index in [1.54, 1.807) is 12.4 Å². The molecule has 2 aromatic heterocycles. The second kappa shape index (κ2) is 7.00. The number of fused-ring (bicyclic) bond motifs is 1. The van der Waals surface area contributed by atoms with Crippen LogP contribution in [0.4, 0.5) is 4.39 Å². The van der Waals surface area contributed by atoms with E-state index in [0.717, 1.165) is 25.0 Å². The Morgan fingerprint density at radius 2 is 2.35 bits per heavy atom. The van der Waals surface area contributed by atoms with Gasteiger partial charge in [-0.2, -0.15) is 0 Å². The first-order valence-electron chi connectivity index (χ1n) is 6.71. The van der Waals surface area contributed by atoms with Gasteiger partial charge >= 0.3 is 0 Å². The lowest BCUT2D eigenvalue weighted by Gasteiger charge is -2.06. The van der Waals surface area contributed by atoms with Crippen molar-refractivity contribution in [2.75, 3.05) is 13.2 Å². The number of halogens is 1. The number of unbranched alkanes of at least 4 members (excludes halogenated alkanes) is 1. The summed E-state index contributed by atoms with van der Waals surface area (Å²) in [5.41, 5.74) is 6.79. The first-order chi connectivity index (χ1) is 9.76. The Kier molecular flexibility index (Phi) is 5.06. The minimum absolute atomic E-state index is 0.123. The molecule has 0 aliphatic heterocycles. The van der Waals surface area contributed by atoms with E-state index in [1.165, 1.54) is 0 Å². The Labute approximate surface area is 117 Å². The lowest BCUT2D eigenvalue weighted by molar-refractivity contribution is 0.344. The van der Waals surface area contributed by atoms with E-state index in [2.05, 4.69) is 16.9 Å². The van der Waals surface area contributed by atoms with Crippen LogP contribution in [0.3, 0.4) is 0 Å². The van der Waals surface area contributed by atoms with E-state index in [1.807, 2.05) is 10.6 Å². The molecule has 2 rings (SSSR count). The standard InChI is InChI=1S/C14H19FN4O/c1-2-3-4-12-8-19-9-13(7-17-14(19)18-12)20-10-11(5-15)6-16/h5,7-9H,2-4,6,10,16H2,1H3/b11-5+. The van der Waals surface area contributed by atoms with Crippen LogP contribution in [-0.2, 0) is 6.42 Å². The van der Waals surface area contributed by atoms with Crippen molar-refractivity contribution in [1.29, 1.82) is 0 Å². The molecule has 6 heteroatoms. The average Bonchev–Trinajstić information content (AvgIpc) is 2.88. The summed E-state index contributed by atoms with van der Waals surface area (Å²) in [5.74, 6) is 1.20. The van der Waals surface area contributed by atoms with Gasteiger partial charge < -0.3 is 10.5 Å². The molecular formula is C14H19FN4O. The molecule has 2 aromatic rings. The van der Waals surface area contributed by atoms with E-state index in [0.29, 0.717) is 23.4 Å². The molecular weight excluding hydrogens is 259 g/mol. The SMILES string of the molecule is CCCCc1cn2cc(OC/C(=C/F)CN)cnc2n1. The summed E-state index contributed by atoms with van der Waals surface area (Å²) in [6, 6.07) is 0. The number of hydrogen-bond donors (Lipinski definition) is 1. The molecule has 0 unspecified atom stereocenters. The third-order valence-electron chi connectivity index (χ3n) is 2.96. The third kappa shape index (κ3) is 3.54. The van der Waals surface area contributed by atoms with Crippen molar-refractivity contribution >= 4 is 5.78 Å². The number of nitrogens with zero attached hydrogens (tertiary/aromatic N) is 3. The fraction of sp³-hybridized carbons (Fsp3) is 0.429. The van der Waals surface area contributed by atoms with E-state index in [4.69, 9.17) is 10.5 Å². The van der Waals surface area contributed by atoms with Crippen molar-refractivity contribution in [1.82, 2.24) is 14.4 Å². The zero-order valence-electron chi connectivity index (χ0n) is 11.6. The summed E-state index contributed by atoms with van der Waals surface area (Å²) in [6.45, 7) is 2.41. The van der Waals surface area contributed by atoms with Crippen LogP contribution in [0.1, 0.15) is 25.5 Å². The quantitative estimate of drug-likeness (QED) is 0.843. The third-order valence-corrected chi connectivity index (χ3v) is 2.96. The fourth-order valence-corrected chi connectivity index (χ4v) is 1.78. The van der Waals surface area contributed by atoms with Crippen LogP contribution in [-0.4, -0.2) is 27.5 Å². The molecule has 0 radical (unpaired) electrons. The summed E-state index contributed by atoms with van der Waals surface area (Å²) in [7, 11) is 0. The Morgan fingerprint density at radius 3 is 3.05 bits per heavy atom. The summed E-state index contributed by atoms with van der Waals surface area (Å²) >= 11 is 0. The monoisotopic (exact) mass is 278 g/mol. The number of hydrogen-bond acceptors (Lipinski definition) is 4. The molecule has 0 aliphatic rings. The van der Waals surface area contributed by atoms with Gasteiger partial charge in [-0.25, -0.2) is 14.4 Å². The lowest BCUT2D eigenvalue weighted by atomic mass is 10.2. The molecule has 0 fully saturated rings. The van der Waals surface area contributed by atoms with Gasteiger partial charge in [0.1, 0.15) is 6.61 Å². The maximum atomic E-state index is 12.4. The highest BCUT2D eigenvalue weighted by Crippen LogP contribution is 2.13. The predicted octanol–water partition coefficient (Wildman–Crippen LogP) is 2.26. The molecule has 5 nitrogen and oxygen atoms in total. The molecule has 0 saturated heterocycles. The number of aryl methyl sites for hydroxylation is 1. The molecule has 20 heavy (non-hydrogen) atoms. The van der Waals surface area contributed by atoms with Crippen molar-refractivity contribution in [3.05, 3.63) is 36.2 Å². The van der Waals surface area contributed by atoms with Gasteiger partial charge in [0.25, 0.3) is 0 Å². The van der Waals surface area contributed by atoms with Crippen LogP contribution in [0, 0.1) is 0 Å². The Bertz CT molecular complexity index is 594. The maximum Gasteiger partial charge on any atom is 0.234 e. The van der Waals surface area contributed by atoms with Gasteiger partial charge in [0.05, 0.1) is 24.4 Å². The van der Waals surface area contributed by atoms with Crippen LogP contribution < -0.4 is 10.5 Å². The molecule has 0 atom stereocenters. The Hall–Kier alpha value is -1.95. The predicted molar refractivity (Wildman–Crippen MR) is 75.3 cm³/mol. The number of ether oxygens (including phenoxy) is 1. The first kappa shape index (κ1) is 14.5. The molecule has 2 heterocycles. The zero-order chi connectivity index (χ0) is 14.4. The van der Waals surface area contributed by atoms with Crippen molar-refractivity contribution in [2.24, 2.45) is 5.73 Å². The van der Waals surface area contributed by atoms with E-state index >= 15 is 0 Å². The van der Waals surface area contributed by atoms with Gasteiger partial charge in [0.2, 0.25) is 5.78 Å². The minimum Gasteiger partial charge on any atom is -0.486 e. The van der Waals surface area contributed by atoms with Crippen LogP contribution in [0.2, 0.25) is 0 Å². The van der Waals surface area contributed by atoms with Gasteiger partial charge in [-0.1, -0.05) is 13.3 Å². The zero-order valence-corrected chi connectivity index (χ0v) is 11.6. The molecule has 0 saturated carbocycles. The molecule has 0 aromatic carbocycles. The fourth-order valence-electron chi connectivity index (χ4n) is 1.78. The van der Waals surface area contributed by atoms with Crippen molar-refractivity contribution in [3.63, 3.8) is 0 Å². The summed E-state index contributed by atoms with van der Waals surface area (Å²) in [6.07, 6.45) is 8.97. The highest BCUT2D eigenvalue weighted by atomic mass is 19.1. The minimum atomic E-state index is 0.123. The smallest absolute Gasteiger partial charge is 0.234 e. The second-order valence-corrected chi connectivity index (χ2v) is 4.59. The van der Waals surface area contributed by atoms with Crippen molar-refractivity contribution in [3.8, 4) is 5.75 Å². The van der Waals surface area contributed by atoms with Crippen LogP contribution in [0.5, 0.6) is 5.75 Å². The Balaban J connectivity index is 2.08. The van der Waals surface area contributed by atoms with E-state index in [-0.39, 0.29) is 13.2 Å². The van der Waals surface area contributed by atoms with Gasteiger partial charge in [0, 0.05) is 18.3 Å². The van der Waals surface area contributed by atoms with Gasteiger partial charge in [-0.3, -0.25) is 4.40 Å². The van der Waals surface area contributed by atoms with Crippen molar-refractivity contribution in [2.45, 2.75) is 26.2 Å². The van der Waals surface area contributed by atoms with Crippen LogP contribution in [0.15, 0.2) is 30.5 Å². The number of rotatable bonds is 7. The Morgan fingerprint density at radius 1 is 1.50 bits per heavy atom. The molecule has 0 amide bonds. The van der Waals surface area contributed by atoms with Gasteiger partial charge in [-0.05, 0) is 12.8 Å². The molecule has 0 aliphatic carbocycles. The molecule has 108 valence electrons. The van der Waals surface area contributed by atoms with Crippen LogP contribution >= 0.6 is 0 Å². The van der Waals surface area contributed by atoms with Gasteiger partial charge in [-0.15, -0.1) is 0 Å².